The molecule has 2 rings (SSSR count). The molecular weight excluding hydrogens is 188 g/mol. The molecule has 1 saturated heterocycles. The first-order chi connectivity index (χ1) is 7.18. The summed E-state index contributed by atoms with van der Waals surface area (Å²) in [6, 6.07) is 0. The van der Waals surface area contributed by atoms with Crippen LogP contribution < -0.4 is 0 Å². The molecule has 0 spiro atoms. The fourth-order valence-corrected chi connectivity index (χ4v) is 3.10. The van der Waals surface area contributed by atoms with Gasteiger partial charge < -0.3 is 9.47 Å². The van der Waals surface area contributed by atoms with E-state index in [0.717, 1.165) is 31.5 Å². The predicted molar refractivity (Wildman–Crippen MR) is 60.5 cm³/mol. The molecule has 0 aromatic carbocycles. The fourth-order valence-electron chi connectivity index (χ4n) is 3.10. The lowest BCUT2D eigenvalue weighted by Crippen LogP contribution is -2.29. The third-order valence-electron chi connectivity index (χ3n) is 3.77. The minimum atomic E-state index is 0.0619. The minimum Gasteiger partial charge on any atom is -0.350 e. The Kier molecular flexibility index (Phi) is 3.47. The van der Waals surface area contributed by atoms with E-state index < -0.39 is 0 Å². The van der Waals surface area contributed by atoms with Crippen molar-refractivity contribution in [2.75, 3.05) is 13.2 Å². The van der Waals surface area contributed by atoms with E-state index in [-0.39, 0.29) is 6.29 Å². The Morgan fingerprint density at radius 1 is 1.27 bits per heavy atom. The van der Waals surface area contributed by atoms with Gasteiger partial charge in [0, 0.05) is 5.92 Å². The molecule has 1 heterocycles. The Morgan fingerprint density at radius 2 is 1.93 bits per heavy atom. The van der Waals surface area contributed by atoms with E-state index in [2.05, 4.69) is 20.4 Å². The van der Waals surface area contributed by atoms with Crippen LogP contribution in [0.15, 0.2) is 12.2 Å². The summed E-state index contributed by atoms with van der Waals surface area (Å²) in [5.74, 6) is 2.04. The van der Waals surface area contributed by atoms with E-state index in [4.69, 9.17) is 9.47 Å². The summed E-state index contributed by atoms with van der Waals surface area (Å²) in [5.41, 5.74) is 1.29. The molecule has 0 aromatic rings. The van der Waals surface area contributed by atoms with Crippen LogP contribution in [-0.4, -0.2) is 19.5 Å². The monoisotopic (exact) mass is 210 g/mol. The van der Waals surface area contributed by atoms with Crippen LogP contribution >= 0.6 is 0 Å². The second-order valence-electron chi connectivity index (χ2n) is 5.16. The van der Waals surface area contributed by atoms with Crippen molar-refractivity contribution in [1.82, 2.24) is 0 Å². The standard InChI is InChI=1S/C13H22O2/c1-9(2)8-11-5-4-10(3)12(11)13-14-6-7-15-13/h10-13H,1,4-8H2,2-3H3. The van der Waals surface area contributed by atoms with Crippen molar-refractivity contribution in [3.63, 3.8) is 0 Å². The van der Waals surface area contributed by atoms with Crippen molar-refractivity contribution >= 4 is 0 Å². The van der Waals surface area contributed by atoms with Crippen LogP contribution in [0.3, 0.4) is 0 Å². The fraction of sp³-hybridized carbons (Fsp3) is 0.846. The molecule has 3 unspecified atom stereocenters. The van der Waals surface area contributed by atoms with Crippen LogP contribution in [0.25, 0.3) is 0 Å². The molecular formula is C13H22O2. The van der Waals surface area contributed by atoms with Gasteiger partial charge in [0.05, 0.1) is 13.2 Å². The van der Waals surface area contributed by atoms with Crippen LogP contribution in [0.5, 0.6) is 0 Å². The SMILES string of the molecule is C=C(C)CC1CCC(C)C1C1OCCO1. The quantitative estimate of drug-likeness (QED) is 0.667. The van der Waals surface area contributed by atoms with Gasteiger partial charge in [-0.25, -0.2) is 0 Å². The molecule has 2 heteroatoms. The van der Waals surface area contributed by atoms with Gasteiger partial charge in [-0.3, -0.25) is 0 Å². The Balaban J connectivity index is 2.00. The van der Waals surface area contributed by atoms with Gasteiger partial charge in [-0.05, 0) is 38.0 Å². The molecule has 2 aliphatic rings. The van der Waals surface area contributed by atoms with Gasteiger partial charge >= 0.3 is 0 Å². The molecule has 2 fully saturated rings. The summed E-state index contributed by atoms with van der Waals surface area (Å²) < 4.78 is 11.3. The first-order valence-electron chi connectivity index (χ1n) is 6.06. The van der Waals surface area contributed by atoms with Gasteiger partial charge in [-0.2, -0.15) is 0 Å². The molecule has 1 aliphatic heterocycles. The van der Waals surface area contributed by atoms with E-state index in [0.29, 0.717) is 5.92 Å². The molecule has 0 aromatic heterocycles. The van der Waals surface area contributed by atoms with Crippen LogP contribution in [0.4, 0.5) is 0 Å². The van der Waals surface area contributed by atoms with E-state index in [9.17, 15) is 0 Å². The smallest absolute Gasteiger partial charge is 0.161 e. The molecule has 15 heavy (non-hydrogen) atoms. The number of rotatable bonds is 3. The molecule has 0 amide bonds. The zero-order valence-electron chi connectivity index (χ0n) is 9.87. The first-order valence-corrected chi connectivity index (χ1v) is 6.06. The van der Waals surface area contributed by atoms with Crippen LogP contribution in [0.2, 0.25) is 0 Å². The third-order valence-corrected chi connectivity index (χ3v) is 3.77. The maximum absolute atomic E-state index is 5.67. The van der Waals surface area contributed by atoms with Crippen LogP contribution in [0.1, 0.15) is 33.1 Å². The number of ether oxygens (including phenoxy) is 2. The lowest BCUT2D eigenvalue weighted by atomic mass is 9.86. The molecule has 0 radical (unpaired) electrons. The van der Waals surface area contributed by atoms with Gasteiger partial charge in [0.1, 0.15) is 0 Å². The summed E-state index contributed by atoms with van der Waals surface area (Å²) in [6.07, 6.45) is 3.82. The van der Waals surface area contributed by atoms with Gasteiger partial charge in [0.15, 0.2) is 6.29 Å². The molecule has 0 bridgehead atoms. The average Bonchev–Trinajstić information content (AvgIpc) is 2.74. The van der Waals surface area contributed by atoms with Gasteiger partial charge in [-0.1, -0.05) is 12.5 Å². The zero-order chi connectivity index (χ0) is 10.8. The Labute approximate surface area is 92.6 Å². The zero-order valence-corrected chi connectivity index (χ0v) is 9.87. The number of hydrogen-bond donors (Lipinski definition) is 0. The highest BCUT2D eigenvalue weighted by molar-refractivity contribution is 4.96. The summed E-state index contributed by atoms with van der Waals surface area (Å²) in [4.78, 5) is 0. The summed E-state index contributed by atoms with van der Waals surface area (Å²) >= 11 is 0. The van der Waals surface area contributed by atoms with Crippen LogP contribution in [0, 0.1) is 17.8 Å². The Hall–Kier alpha value is -0.340. The Bertz CT molecular complexity index is 231. The van der Waals surface area contributed by atoms with E-state index in [1.165, 1.54) is 18.4 Å². The highest BCUT2D eigenvalue weighted by atomic mass is 16.7. The van der Waals surface area contributed by atoms with Crippen molar-refractivity contribution in [3.05, 3.63) is 12.2 Å². The molecule has 0 N–H and O–H groups in total. The van der Waals surface area contributed by atoms with Crippen molar-refractivity contribution < 1.29 is 9.47 Å². The summed E-state index contributed by atoms with van der Waals surface area (Å²) in [6.45, 7) is 10.0. The molecule has 2 nitrogen and oxygen atoms in total. The average molecular weight is 210 g/mol. The predicted octanol–water partition coefficient (Wildman–Crippen LogP) is 2.99. The second-order valence-corrected chi connectivity index (χ2v) is 5.16. The highest BCUT2D eigenvalue weighted by Crippen LogP contribution is 2.43. The minimum absolute atomic E-state index is 0.0619. The van der Waals surface area contributed by atoms with E-state index >= 15 is 0 Å². The van der Waals surface area contributed by atoms with Gasteiger partial charge in [0.2, 0.25) is 0 Å². The van der Waals surface area contributed by atoms with Crippen molar-refractivity contribution in [2.45, 2.75) is 39.4 Å². The second kappa shape index (κ2) is 4.67. The maximum Gasteiger partial charge on any atom is 0.161 e. The first kappa shape index (κ1) is 11.2. The van der Waals surface area contributed by atoms with Crippen molar-refractivity contribution in [1.29, 1.82) is 0 Å². The summed E-state index contributed by atoms with van der Waals surface area (Å²) in [5, 5.41) is 0. The normalized spacial score (nSPS) is 37.3. The largest absolute Gasteiger partial charge is 0.350 e. The highest BCUT2D eigenvalue weighted by Gasteiger charge is 2.41. The molecule has 1 aliphatic carbocycles. The van der Waals surface area contributed by atoms with Crippen molar-refractivity contribution in [3.8, 4) is 0 Å². The summed E-state index contributed by atoms with van der Waals surface area (Å²) in [7, 11) is 0. The molecule has 1 saturated carbocycles. The van der Waals surface area contributed by atoms with Gasteiger partial charge in [-0.15, -0.1) is 6.58 Å². The van der Waals surface area contributed by atoms with E-state index in [1.54, 1.807) is 0 Å². The van der Waals surface area contributed by atoms with Crippen molar-refractivity contribution in [2.24, 2.45) is 17.8 Å². The van der Waals surface area contributed by atoms with Gasteiger partial charge in [0.25, 0.3) is 0 Å². The molecule has 86 valence electrons. The number of allylic oxidation sites excluding steroid dienone is 1. The third kappa shape index (κ3) is 2.43. The molecule has 3 atom stereocenters. The van der Waals surface area contributed by atoms with Crippen LogP contribution in [-0.2, 0) is 9.47 Å². The number of hydrogen-bond acceptors (Lipinski definition) is 2. The lowest BCUT2D eigenvalue weighted by Gasteiger charge is -2.27. The maximum atomic E-state index is 5.67. The Morgan fingerprint density at radius 3 is 2.53 bits per heavy atom. The topological polar surface area (TPSA) is 18.5 Å². The van der Waals surface area contributed by atoms with E-state index in [1.807, 2.05) is 0 Å². The lowest BCUT2D eigenvalue weighted by molar-refractivity contribution is -0.104.